The molecule has 28 heavy (non-hydrogen) atoms. The van der Waals surface area contributed by atoms with Crippen molar-refractivity contribution < 1.29 is 11.3 Å². The zero-order valence-electron chi connectivity index (χ0n) is 20.8. The van der Waals surface area contributed by atoms with Crippen LogP contribution in [-0.2, 0) is 6.37 Å². The van der Waals surface area contributed by atoms with Crippen molar-refractivity contribution in [3.8, 4) is 11.3 Å². The second-order valence-electron chi connectivity index (χ2n) is 7.90. The number of aryl methyl sites for hydroxylation is 1. The summed E-state index contributed by atoms with van der Waals surface area (Å²) in [5, 5.41) is 1.58. The van der Waals surface area contributed by atoms with Gasteiger partial charge in [-0.1, -0.05) is 32.9 Å². The first-order chi connectivity index (χ1) is 15.4. The summed E-state index contributed by atoms with van der Waals surface area (Å²) >= 11 is 1.42. The van der Waals surface area contributed by atoms with Gasteiger partial charge >= 0.3 is 0 Å². The van der Waals surface area contributed by atoms with Crippen LogP contribution in [0.1, 0.15) is 38.2 Å². The van der Waals surface area contributed by atoms with Gasteiger partial charge in [0.1, 0.15) is 5.58 Å². The van der Waals surface area contributed by atoms with Crippen LogP contribution in [0.25, 0.3) is 43.5 Å². The number of pyridine rings is 2. The molecule has 0 saturated carbocycles. The minimum Gasteiger partial charge on any atom is -0.437 e. The molecule has 0 N–H and O–H groups in total. The molecule has 0 aliphatic rings. The van der Waals surface area contributed by atoms with E-state index in [1.54, 1.807) is 6.07 Å². The zero-order valence-corrected chi connectivity index (χ0v) is 16.6. The molecule has 0 aliphatic heterocycles. The van der Waals surface area contributed by atoms with Gasteiger partial charge in [-0.15, -0.1) is 11.3 Å². The molecule has 0 fully saturated rings. The Morgan fingerprint density at radius 3 is 2.79 bits per heavy atom. The minimum absolute atomic E-state index is 0.00549. The van der Waals surface area contributed by atoms with E-state index in [4.69, 9.17) is 16.3 Å². The highest BCUT2D eigenvalue weighted by molar-refractivity contribution is 7.19. The van der Waals surface area contributed by atoms with E-state index in [0.29, 0.717) is 16.2 Å². The van der Waals surface area contributed by atoms with E-state index in [1.807, 2.05) is 57.2 Å². The number of hydrogen-bond donors (Lipinski definition) is 0. The van der Waals surface area contributed by atoms with E-state index < -0.39 is 18.6 Å². The summed E-state index contributed by atoms with van der Waals surface area (Å²) in [6.07, 6.45) is -1.48. The van der Waals surface area contributed by atoms with Crippen molar-refractivity contribution >= 4 is 43.6 Å². The van der Waals surface area contributed by atoms with Gasteiger partial charge in [0.05, 0.1) is 15.9 Å². The Kier molecular flexibility index (Phi) is 2.78. The molecule has 0 amide bonds. The summed E-state index contributed by atoms with van der Waals surface area (Å²) in [5.41, 5.74) is 2.53. The lowest BCUT2D eigenvalue weighted by Gasteiger charge is -2.15. The van der Waals surface area contributed by atoms with E-state index in [-0.39, 0.29) is 11.4 Å². The SMILES string of the molecule is [2H]C([2H])([2H])c1ccc2c(n1)oc1c(-c3ccc4sc(C([2H])([2H])C(C)(C)C)cc4n3)cccc12. The number of rotatable bonds is 2. The summed E-state index contributed by atoms with van der Waals surface area (Å²) in [7, 11) is 0. The number of aromatic nitrogens is 2. The van der Waals surface area contributed by atoms with Crippen LogP contribution in [0.15, 0.2) is 52.9 Å². The van der Waals surface area contributed by atoms with Gasteiger partial charge < -0.3 is 4.42 Å². The summed E-state index contributed by atoms with van der Waals surface area (Å²) in [6, 6.07) is 14.7. The maximum atomic E-state index is 8.59. The monoisotopic (exact) mass is 391 g/mol. The van der Waals surface area contributed by atoms with E-state index in [1.165, 1.54) is 17.4 Å². The number of hydrogen-bond acceptors (Lipinski definition) is 4. The lowest BCUT2D eigenvalue weighted by atomic mass is 9.91. The molecule has 0 atom stereocenters. The molecule has 0 saturated heterocycles. The van der Waals surface area contributed by atoms with Gasteiger partial charge in [-0.3, -0.25) is 0 Å². The molecule has 0 unspecified atom stereocenters. The van der Waals surface area contributed by atoms with Crippen LogP contribution < -0.4 is 0 Å². The van der Waals surface area contributed by atoms with Crippen LogP contribution in [0.5, 0.6) is 0 Å². The Balaban J connectivity index is 1.66. The molecule has 0 radical (unpaired) electrons. The molecule has 1 aromatic carbocycles. The molecule has 4 heteroatoms. The van der Waals surface area contributed by atoms with Crippen molar-refractivity contribution in [1.82, 2.24) is 9.97 Å². The van der Waals surface area contributed by atoms with Gasteiger partial charge in [-0.25, -0.2) is 9.97 Å². The molecule has 140 valence electrons. The lowest BCUT2D eigenvalue weighted by molar-refractivity contribution is 0.415. The fourth-order valence-corrected chi connectivity index (χ4v) is 4.50. The fraction of sp³-hybridized carbons (Fsp3) is 0.250. The number of fused-ring (bicyclic) bond motifs is 4. The Labute approximate surface area is 175 Å². The van der Waals surface area contributed by atoms with Crippen molar-refractivity contribution in [3.05, 3.63) is 59.1 Å². The molecular formula is C24H22N2OS. The van der Waals surface area contributed by atoms with Crippen molar-refractivity contribution in [2.24, 2.45) is 5.41 Å². The van der Waals surface area contributed by atoms with Gasteiger partial charge in [-0.05, 0) is 55.0 Å². The first kappa shape index (κ1) is 12.7. The van der Waals surface area contributed by atoms with Gasteiger partial charge in [-0.2, -0.15) is 0 Å². The van der Waals surface area contributed by atoms with Crippen LogP contribution in [0.4, 0.5) is 0 Å². The summed E-state index contributed by atoms with van der Waals surface area (Å²) in [4.78, 5) is 9.70. The molecule has 0 spiro atoms. The quantitative estimate of drug-likeness (QED) is 0.320. The summed E-state index contributed by atoms with van der Waals surface area (Å²) < 4.78 is 47.0. The van der Waals surface area contributed by atoms with Crippen LogP contribution >= 0.6 is 11.3 Å². The van der Waals surface area contributed by atoms with Crippen molar-refractivity contribution in [2.75, 3.05) is 0 Å². The molecule has 0 aliphatic carbocycles. The van der Waals surface area contributed by atoms with Crippen LogP contribution in [0.3, 0.4) is 0 Å². The number of thiophene rings is 1. The van der Waals surface area contributed by atoms with E-state index in [2.05, 4.69) is 4.98 Å². The van der Waals surface area contributed by atoms with E-state index in [9.17, 15) is 0 Å². The molecule has 4 heterocycles. The third-order valence-electron chi connectivity index (χ3n) is 4.51. The van der Waals surface area contributed by atoms with Crippen molar-refractivity contribution in [1.29, 1.82) is 0 Å². The third kappa shape index (κ3) is 2.98. The largest absolute Gasteiger partial charge is 0.437 e. The third-order valence-corrected chi connectivity index (χ3v) is 5.52. The van der Waals surface area contributed by atoms with Crippen LogP contribution in [0, 0.1) is 12.3 Å². The number of para-hydroxylation sites is 1. The molecular weight excluding hydrogens is 364 g/mol. The highest BCUT2D eigenvalue weighted by atomic mass is 32.1. The second kappa shape index (κ2) is 6.14. The van der Waals surface area contributed by atoms with Crippen molar-refractivity contribution in [2.45, 2.75) is 34.0 Å². The standard InChI is InChI=1S/C24H22N2OS/c1-14-8-9-17-16-6-5-7-18(22(16)27-23(17)25-14)19-10-11-21-20(26-19)12-15(28-21)13-24(2,3)4/h5-12H,13H2,1-4H3/i1D3,13D2. The Hall–Kier alpha value is -2.72. The topological polar surface area (TPSA) is 38.9 Å². The maximum absolute atomic E-state index is 8.59. The van der Waals surface area contributed by atoms with Gasteiger partial charge in [0.25, 0.3) is 0 Å². The molecule has 5 rings (SSSR count). The lowest BCUT2D eigenvalue weighted by Crippen LogP contribution is -2.07. The smallest absolute Gasteiger partial charge is 0.227 e. The van der Waals surface area contributed by atoms with Gasteiger partial charge in [0, 0.05) is 33.8 Å². The van der Waals surface area contributed by atoms with Crippen LogP contribution in [-0.4, -0.2) is 9.97 Å². The number of furan rings is 1. The normalized spacial score (nSPS) is 16.0. The minimum atomic E-state index is -2.31. The molecule has 0 bridgehead atoms. The summed E-state index contributed by atoms with van der Waals surface area (Å²) in [6.45, 7) is 3.37. The predicted molar refractivity (Wildman–Crippen MR) is 118 cm³/mol. The Bertz CT molecular complexity index is 1530. The van der Waals surface area contributed by atoms with Crippen LogP contribution in [0.2, 0.25) is 0 Å². The van der Waals surface area contributed by atoms with E-state index >= 15 is 0 Å². The second-order valence-corrected chi connectivity index (χ2v) is 8.98. The van der Waals surface area contributed by atoms with E-state index in [0.717, 1.165) is 26.6 Å². The van der Waals surface area contributed by atoms with Crippen molar-refractivity contribution in [3.63, 3.8) is 0 Å². The number of benzene rings is 1. The van der Waals surface area contributed by atoms with Gasteiger partial charge in [0.2, 0.25) is 5.71 Å². The average Bonchev–Trinajstić information content (AvgIpc) is 3.32. The Morgan fingerprint density at radius 1 is 1.07 bits per heavy atom. The van der Waals surface area contributed by atoms with Gasteiger partial charge in [0.15, 0.2) is 0 Å². The zero-order chi connectivity index (χ0) is 23.8. The Morgan fingerprint density at radius 2 is 1.96 bits per heavy atom. The first-order valence-electron chi connectivity index (χ1n) is 11.6. The maximum Gasteiger partial charge on any atom is 0.227 e. The first-order valence-corrected chi connectivity index (χ1v) is 9.92. The average molecular weight is 392 g/mol. The fourth-order valence-electron chi connectivity index (χ4n) is 3.39. The predicted octanol–water partition coefficient (Wildman–Crippen LogP) is 7.15. The summed E-state index contributed by atoms with van der Waals surface area (Å²) in [5.74, 6) is 0. The highest BCUT2D eigenvalue weighted by Crippen LogP contribution is 2.36. The molecule has 5 aromatic rings. The molecule has 3 nitrogen and oxygen atoms in total. The highest BCUT2D eigenvalue weighted by Gasteiger charge is 2.16. The molecule has 4 aromatic heterocycles. The number of nitrogens with zero attached hydrogens (tertiary/aromatic N) is 2.